The van der Waals surface area contributed by atoms with Crippen LogP contribution in [0.3, 0.4) is 0 Å². The number of rotatable bonds is 2. The Kier molecular flexibility index (Phi) is 3.06. The second kappa shape index (κ2) is 4.05. The lowest BCUT2D eigenvalue weighted by atomic mass is 9.93. The third kappa shape index (κ3) is 1.94. The number of hydrogen-bond acceptors (Lipinski definition) is 4. The lowest BCUT2D eigenvalue weighted by Crippen LogP contribution is -2.39. The van der Waals surface area contributed by atoms with E-state index in [-0.39, 0.29) is 32.9 Å². The Morgan fingerprint density at radius 1 is 1.33 bits per heavy atom. The predicted molar refractivity (Wildman–Crippen MR) is 75.9 cm³/mol. The summed E-state index contributed by atoms with van der Waals surface area (Å²) in [5, 5.41) is -0.255. The molecule has 1 aliphatic heterocycles. The highest BCUT2D eigenvalue weighted by atomic mass is 127. The lowest BCUT2D eigenvalue weighted by molar-refractivity contribution is -0.0706. The fraction of sp³-hybridized carbons (Fsp3) is 1.00. The summed E-state index contributed by atoms with van der Waals surface area (Å²) in [6, 6.07) is 0. The maximum absolute atomic E-state index is 11.8. The second-order valence-corrected chi connectivity index (χ2v) is 9.69. The Morgan fingerprint density at radius 3 is 2.61 bits per heavy atom. The van der Waals surface area contributed by atoms with E-state index in [4.69, 9.17) is 8.92 Å². The zero-order valence-corrected chi connectivity index (χ0v) is 13.8. The van der Waals surface area contributed by atoms with Gasteiger partial charge in [0.05, 0.1) is 11.4 Å². The molecule has 0 aromatic heterocycles. The highest BCUT2D eigenvalue weighted by Gasteiger charge is 2.64. The van der Waals surface area contributed by atoms with Gasteiger partial charge in [0, 0.05) is 5.92 Å². The van der Waals surface area contributed by atoms with Crippen molar-refractivity contribution in [3.05, 3.63) is 0 Å². The fourth-order valence-corrected chi connectivity index (χ4v) is 5.63. The number of alkyl halides is 1. The molecule has 1 heterocycles. The summed E-state index contributed by atoms with van der Waals surface area (Å²) in [4.78, 5) is 0. The zero-order chi connectivity index (χ0) is 13.3. The van der Waals surface area contributed by atoms with Crippen LogP contribution < -0.4 is 0 Å². The van der Waals surface area contributed by atoms with Crippen LogP contribution in [0.5, 0.6) is 0 Å². The standard InChI is InChI=1S/C12H19IO4S/c1-12(2,3)11(13)16-9-6-4-7-8(5-6)18(14,15)17-10(7)9/h6-11H,4-5H2,1-3H3. The highest BCUT2D eigenvalue weighted by Crippen LogP contribution is 2.56. The minimum absolute atomic E-state index is 0.0374. The van der Waals surface area contributed by atoms with Crippen LogP contribution in [0.1, 0.15) is 33.6 Å². The number of halogens is 1. The first-order valence-corrected chi connectivity index (χ1v) is 9.13. The summed E-state index contributed by atoms with van der Waals surface area (Å²) in [6.45, 7) is 6.39. The van der Waals surface area contributed by atoms with Gasteiger partial charge in [0.25, 0.3) is 10.1 Å². The van der Waals surface area contributed by atoms with Crippen LogP contribution in [0, 0.1) is 17.3 Å². The summed E-state index contributed by atoms with van der Waals surface area (Å²) in [6.07, 6.45) is 1.41. The van der Waals surface area contributed by atoms with Gasteiger partial charge < -0.3 is 4.74 Å². The van der Waals surface area contributed by atoms with E-state index in [1.54, 1.807) is 0 Å². The predicted octanol–water partition coefficient (Wildman–Crippen LogP) is 2.32. The number of hydrogen-bond donors (Lipinski definition) is 0. The molecule has 2 bridgehead atoms. The van der Waals surface area contributed by atoms with Crippen molar-refractivity contribution in [3.63, 3.8) is 0 Å². The first kappa shape index (κ1) is 13.6. The van der Waals surface area contributed by atoms with Gasteiger partial charge in [-0.3, -0.25) is 4.18 Å². The third-order valence-corrected chi connectivity index (χ3v) is 8.31. The van der Waals surface area contributed by atoms with Crippen molar-refractivity contribution >= 4 is 32.7 Å². The minimum atomic E-state index is -3.32. The maximum Gasteiger partial charge on any atom is 0.270 e. The molecule has 3 aliphatic rings. The molecule has 6 heteroatoms. The average molecular weight is 386 g/mol. The molecule has 2 saturated carbocycles. The summed E-state index contributed by atoms with van der Waals surface area (Å²) >= 11 is 2.30. The van der Waals surface area contributed by atoms with E-state index in [9.17, 15) is 8.42 Å². The Balaban J connectivity index is 1.78. The van der Waals surface area contributed by atoms with Crippen LogP contribution in [-0.2, 0) is 19.0 Å². The Bertz CT molecular complexity index is 455. The highest BCUT2D eigenvalue weighted by molar-refractivity contribution is 14.1. The van der Waals surface area contributed by atoms with Gasteiger partial charge in [0.1, 0.15) is 10.2 Å². The molecule has 18 heavy (non-hydrogen) atoms. The number of ether oxygens (including phenoxy) is 1. The average Bonchev–Trinajstić information content (AvgIpc) is 2.80. The van der Waals surface area contributed by atoms with Gasteiger partial charge in [-0.1, -0.05) is 43.4 Å². The molecule has 0 spiro atoms. The Morgan fingerprint density at radius 2 is 2.00 bits per heavy atom. The van der Waals surface area contributed by atoms with Crippen LogP contribution in [0.4, 0.5) is 0 Å². The second-order valence-electron chi connectivity index (χ2n) is 6.77. The van der Waals surface area contributed by atoms with Gasteiger partial charge in [-0.25, -0.2) is 0 Å². The van der Waals surface area contributed by atoms with Crippen molar-refractivity contribution in [2.75, 3.05) is 0 Å². The molecule has 0 aromatic carbocycles. The van der Waals surface area contributed by atoms with Crippen LogP contribution >= 0.6 is 22.6 Å². The zero-order valence-electron chi connectivity index (χ0n) is 10.8. The van der Waals surface area contributed by atoms with E-state index >= 15 is 0 Å². The Labute approximate surface area is 122 Å². The lowest BCUT2D eigenvalue weighted by Gasteiger charge is -2.33. The smallest absolute Gasteiger partial charge is 0.270 e. The Hall–Kier alpha value is 0.600. The van der Waals surface area contributed by atoms with Crippen LogP contribution in [0.25, 0.3) is 0 Å². The van der Waals surface area contributed by atoms with Crippen LogP contribution in [-0.4, -0.2) is 30.0 Å². The molecule has 104 valence electrons. The molecule has 0 aromatic rings. The molecule has 4 nitrogen and oxygen atoms in total. The molecule has 6 unspecified atom stereocenters. The summed E-state index contributed by atoms with van der Waals surface area (Å²) in [5.74, 6) is 0.537. The third-order valence-electron chi connectivity index (χ3n) is 4.37. The summed E-state index contributed by atoms with van der Waals surface area (Å²) in [5.41, 5.74) is 0.0548. The molecule has 2 aliphatic carbocycles. The van der Waals surface area contributed by atoms with Crippen molar-refractivity contribution in [1.82, 2.24) is 0 Å². The maximum atomic E-state index is 11.8. The van der Waals surface area contributed by atoms with Crippen molar-refractivity contribution in [2.45, 2.75) is 55.2 Å². The monoisotopic (exact) mass is 386 g/mol. The van der Waals surface area contributed by atoms with Gasteiger partial charge in [-0.2, -0.15) is 8.42 Å². The van der Waals surface area contributed by atoms with E-state index in [1.807, 2.05) is 0 Å². The van der Waals surface area contributed by atoms with Crippen molar-refractivity contribution in [2.24, 2.45) is 17.3 Å². The quantitative estimate of drug-likeness (QED) is 0.415. The first-order chi connectivity index (χ1) is 8.20. The van der Waals surface area contributed by atoms with E-state index < -0.39 is 10.1 Å². The SMILES string of the molecule is CC(C)(C)C(I)OC1C2CC3C1OS(=O)(=O)C3C2. The molecule has 0 radical (unpaired) electrons. The van der Waals surface area contributed by atoms with Crippen molar-refractivity contribution in [3.8, 4) is 0 Å². The van der Waals surface area contributed by atoms with Gasteiger partial charge in [-0.05, 0) is 24.2 Å². The number of fused-ring (bicyclic) bond motifs is 1. The minimum Gasteiger partial charge on any atom is -0.361 e. The van der Waals surface area contributed by atoms with E-state index in [0.29, 0.717) is 5.92 Å². The van der Waals surface area contributed by atoms with Gasteiger partial charge in [-0.15, -0.1) is 0 Å². The van der Waals surface area contributed by atoms with Gasteiger partial charge in [0.15, 0.2) is 0 Å². The molecule has 0 N–H and O–H groups in total. The molecule has 3 fully saturated rings. The van der Waals surface area contributed by atoms with Gasteiger partial charge >= 0.3 is 0 Å². The van der Waals surface area contributed by atoms with Gasteiger partial charge in [0.2, 0.25) is 0 Å². The molecule has 1 saturated heterocycles. The van der Waals surface area contributed by atoms with E-state index in [0.717, 1.165) is 12.8 Å². The van der Waals surface area contributed by atoms with Crippen LogP contribution in [0.2, 0.25) is 0 Å². The summed E-state index contributed by atoms with van der Waals surface area (Å²) in [7, 11) is -3.32. The largest absolute Gasteiger partial charge is 0.361 e. The first-order valence-electron chi connectivity index (χ1n) is 6.42. The fourth-order valence-electron chi connectivity index (χ4n) is 3.41. The van der Waals surface area contributed by atoms with E-state index in [1.165, 1.54) is 0 Å². The molecular formula is C12H19IO4S. The van der Waals surface area contributed by atoms with Crippen molar-refractivity contribution in [1.29, 1.82) is 0 Å². The molecule has 6 atom stereocenters. The van der Waals surface area contributed by atoms with Crippen LogP contribution in [0.15, 0.2) is 0 Å². The normalized spacial score (nSPS) is 46.6. The molecule has 3 rings (SSSR count). The van der Waals surface area contributed by atoms with E-state index in [2.05, 4.69) is 43.4 Å². The molecule has 0 amide bonds. The summed E-state index contributed by atoms with van der Waals surface area (Å²) < 4.78 is 35.2. The van der Waals surface area contributed by atoms with Crippen molar-refractivity contribution < 1.29 is 17.3 Å². The topological polar surface area (TPSA) is 52.6 Å². The molecular weight excluding hydrogens is 367 g/mol.